The van der Waals surface area contributed by atoms with Gasteiger partial charge in [-0.1, -0.05) is 6.92 Å². The maximum atomic E-state index is 11.1. The number of nitrogens with one attached hydrogen (secondary N) is 1. The van der Waals surface area contributed by atoms with Crippen molar-refractivity contribution in [2.24, 2.45) is 7.05 Å². The number of ether oxygens (including phenoxy) is 1. The van der Waals surface area contributed by atoms with E-state index in [1.807, 2.05) is 6.92 Å². The molecule has 1 aromatic heterocycles. The Balaban J connectivity index is 2.32. The van der Waals surface area contributed by atoms with Crippen molar-refractivity contribution in [3.63, 3.8) is 0 Å². The van der Waals surface area contributed by atoms with E-state index in [0.29, 0.717) is 23.7 Å². The summed E-state index contributed by atoms with van der Waals surface area (Å²) in [6, 6.07) is 4.49. The second-order valence-corrected chi connectivity index (χ2v) is 5.03. The molecule has 1 heterocycles. The number of nitro groups is 1. The zero-order valence-electron chi connectivity index (χ0n) is 13.4. The van der Waals surface area contributed by atoms with Gasteiger partial charge in [0.25, 0.3) is 5.69 Å². The van der Waals surface area contributed by atoms with E-state index in [4.69, 9.17) is 4.74 Å². The number of aromatic nitrogens is 2. The fourth-order valence-corrected chi connectivity index (χ4v) is 2.49. The summed E-state index contributed by atoms with van der Waals surface area (Å²) in [5.41, 5.74) is 2.66. The molecule has 0 saturated carbocycles. The van der Waals surface area contributed by atoms with Crippen LogP contribution < -0.4 is 10.1 Å². The highest BCUT2D eigenvalue weighted by molar-refractivity contribution is 5.63. The molecule has 2 aromatic rings. The molecule has 23 heavy (non-hydrogen) atoms. The van der Waals surface area contributed by atoms with Gasteiger partial charge in [-0.25, -0.2) is 4.68 Å². The van der Waals surface area contributed by atoms with E-state index >= 15 is 0 Å². The maximum Gasteiger partial charge on any atom is 0.292 e. The molecule has 0 fully saturated rings. The molecule has 0 radical (unpaired) electrons. The van der Waals surface area contributed by atoms with Crippen molar-refractivity contribution in [3.05, 3.63) is 45.1 Å². The summed E-state index contributed by atoms with van der Waals surface area (Å²) in [5, 5.41) is 27.8. The molecule has 0 saturated heterocycles. The quantitative estimate of drug-likeness (QED) is 0.597. The molecule has 0 aliphatic rings. The molecular formula is C15H20N4O4. The maximum absolute atomic E-state index is 11.1. The van der Waals surface area contributed by atoms with Crippen LogP contribution >= 0.6 is 0 Å². The first kappa shape index (κ1) is 16.8. The van der Waals surface area contributed by atoms with E-state index in [1.165, 1.54) is 12.1 Å². The van der Waals surface area contributed by atoms with Gasteiger partial charge in [-0.05, 0) is 24.1 Å². The topological polar surface area (TPSA) is 102 Å². The Morgan fingerprint density at radius 2 is 2.22 bits per heavy atom. The minimum atomic E-state index is -0.454. The average molecular weight is 320 g/mol. The van der Waals surface area contributed by atoms with Crippen LogP contribution in [-0.4, -0.2) is 26.9 Å². The van der Waals surface area contributed by atoms with Gasteiger partial charge in [0.15, 0.2) is 0 Å². The SMILES string of the molecule is CCc1nn(C)c(OC)c1CNc1cc(CO)ccc1[N+](=O)[O-]. The van der Waals surface area contributed by atoms with Crippen molar-refractivity contribution in [2.45, 2.75) is 26.5 Å². The molecule has 2 rings (SSSR count). The Morgan fingerprint density at radius 1 is 1.48 bits per heavy atom. The van der Waals surface area contributed by atoms with Gasteiger partial charge in [0.1, 0.15) is 5.69 Å². The summed E-state index contributed by atoms with van der Waals surface area (Å²) in [7, 11) is 3.35. The predicted molar refractivity (Wildman–Crippen MR) is 85.5 cm³/mol. The van der Waals surface area contributed by atoms with E-state index in [0.717, 1.165) is 17.7 Å². The number of aliphatic hydroxyl groups is 1. The number of anilines is 1. The molecule has 0 spiro atoms. The van der Waals surface area contributed by atoms with Crippen molar-refractivity contribution >= 4 is 11.4 Å². The molecule has 0 bridgehead atoms. The molecular weight excluding hydrogens is 300 g/mol. The monoisotopic (exact) mass is 320 g/mol. The van der Waals surface area contributed by atoms with Crippen LogP contribution in [-0.2, 0) is 26.6 Å². The van der Waals surface area contributed by atoms with Crippen LogP contribution in [0.15, 0.2) is 18.2 Å². The molecule has 0 aliphatic heterocycles. The van der Waals surface area contributed by atoms with Gasteiger partial charge < -0.3 is 15.2 Å². The molecule has 0 atom stereocenters. The van der Waals surface area contributed by atoms with Crippen LogP contribution in [0.5, 0.6) is 5.88 Å². The Kier molecular flexibility index (Phi) is 5.17. The van der Waals surface area contributed by atoms with Crippen LogP contribution in [0, 0.1) is 10.1 Å². The molecule has 8 nitrogen and oxygen atoms in total. The number of hydrogen-bond acceptors (Lipinski definition) is 6. The van der Waals surface area contributed by atoms with Gasteiger partial charge in [0.05, 0.1) is 29.9 Å². The lowest BCUT2D eigenvalue weighted by molar-refractivity contribution is -0.384. The minimum Gasteiger partial charge on any atom is -0.481 e. The highest BCUT2D eigenvalue weighted by Crippen LogP contribution is 2.28. The molecule has 1 aromatic carbocycles. The van der Waals surface area contributed by atoms with Crippen LogP contribution in [0.3, 0.4) is 0 Å². The number of aliphatic hydroxyl groups excluding tert-OH is 1. The summed E-state index contributed by atoms with van der Waals surface area (Å²) in [6.07, 6.45) is 0.729. The molecule has 2 N–H and O–H groups in total. The average Bonchev–Trinajstić information content (AvgIpc) is 2.87. The largest absolute Gasteiger partial charge is 0.481 e. The number of nitrogens with zero attached hydrogens (tertiary/aromatic N) is 3. The fourth-order valence-electron chi connectivity index (χ4n) is 2.49. The first-order valence-corrected chi connectivity index (χ1v) is 7.22. The van der Waals surface area contributed by atoms with E-state index < -0.39 is 4.92 Å². The number of nitro benzene ring substituents is 1. The Morgan fingerprint density at radius 3 is 2.78 bits per heavy atom. The molecule has 0 unspecified atom stereocenters. The van der Waals surface area contributed by atoms with E-state index in [-0.39, 0.29) is 12.3 Å². The van der Waals surface area contributed by atoms with E-state index in [1.54, 1.807) is 24.9 Å². The highest BCUT2D eigenvalue weighted by Gasteiger charge is 2.18. The van der Waals surface area contributed by atoms with Crippen molar-refractivity contribution in [3.8, 4) is 5.88 Å². The van der Waals surface area contributed by atoms with Crippen molar-refractivity contribution < 1.29 is 14.8 Å². The first-order chi connectivity index (χ1) is 11.0. The van der Waals surface area contributed by atoms with E-state index in [2.05, 4.69) is 10.4 Å². The Hall–Kier alpha value is -2.61. The molecule has 0 amide bonds. The lowest BCUT2D eigenvalue weighted by Crippen LogP contribution is -2.06. The second-order valence-electron chi connectivity index (χ2n) is 5.03. The normalized spacial score (nSPS) is 10.6. The van der Waals surface area contributed by atoms with Gasteiger partial charge in [0.2, 0.25) is 5.88 Å². The summed E-state index contributed by atoms with van der Waals surface area (Å²) in [4.78, 5) is 10.7. The molecule has 8 heteroatoms. The second kappa shape index (κ2) is 7.10. The van der Waals surface area contributed by atoms with Crippen LogP contribution in [0.25, 0.3) is 0 Å². The number of aryl methyl sites for hydroxylation is 2. The van der Waals surface area contributed by atoms with Gasteiger partial charge in [-0.3, -0.25) is 10.1 Å². The third-order valence-electron chi connectivity index (χ3n) is 3.60. The Labute approximate surface area is 133 Å². The lowest BCUT2D eigenvalue weighted by atomic mass is 10.1. The van der Waals surface area contributed by atoms with Crippen molar-refractivity contribution in [1.29, 1.82) is 0 Å². The zero-order valence-corrected chi connectivity index (χ0v) is 13.4. The first-order valence-electron chi connectivity index (χ1n) is 7.22. The number of hydrogen-bond donors (Lipinski definition) is 2. The third kappa shape index (κ3) is 3.42. The van der Waals surface area contributed by atoms with Crippen molar-refractivity contribution in [1.82, 2.24) is 9.78 Å². The van der Waals surface area contributed by atoms with Crippen molar-refractivity contribution in [2.75, 3.05) is 12.4 Å². The summed E-state index contributed by atoms with van der Waals surface area (Å²) in [5.74, 6) is 0.621. The minimum absolute atomic E-state index is 0.0388. The lowest BCUT2D eigenvalue weighted by Gasteiger charge is -2.10. The number of methoxy groups -OCH3 is 1. The van der Waals surface area contributed by atoms with Gasteiger partial charge >= 0.3 is 0 Å². The van der Waals surface area contributed by atoms with Crippen LogP contribution in [0.4, 0.5) is 11.4 Å². The van der Waals surface area contributed by atoms with Gasteiger partial charge in [-0.2, -0.15) is 5.10 Å². The fraction of sp³-hybridized carbons (Fsp3) is 0.400. The number of benzene rings is 1. The van der Waals surface area contributed by atoms with Gasteiger partial charge in [0, 0.05) is 19.7 Å². The molecule has 124 valence electrons. The predicted octanol–water partition coefficient (Wildman–Crippen LogP) is 2.00. The highest BCUT2D eigenvalue weighted by atomic mass is 16.6. The van der Waals surface area contributed by atoms with E-state index in [9.17, 15) is 15.2 Å². The third-order valence-corrected chi connectivity index (χ3v) is 3.60. The Bertz CT molecular complexity index is 712. The van der Waals surface area contributed by atoms with Gasteiger partial charge in [-0.15, -0.1) is 0 Å². The standard InChI is InChI=1S/C15H20N4O4/c1-4-12-11(15(23-3)18(2)17-12)8-16-13-7-10(9-20)5-6-14(13)19(21)22/h5-7,16,20H,4,8-9H2,1-3H3. The van der Waals surface area contributed by atoms with Crippen LogP contribution in [0.1, 0.15) is 23.7 Å². The molecule has 0 aliphatic carbocycles. The summed E-state index contributed by atoms with van der Waals surface area (Å²) < 4.78 is 7.00. The van der Waals surface area contributed by atoms with Crippen LogP contribution in [0.2, 0.25) is 0 Å². The smallest absolute Gasteiger partial charge is 0.292 e. The number of rotatable bonds is 7. The summed E-state index contributed by atoms with van der Waals surface area (Å²) in [6.45, 7) is 2.15. The summed E-state index contributed by atoms with van der Waals surface area (Å²) >= 11 is 0. The zero-order chi connectivity index (χ0) is 17.0.